The van der Waals surface area contributed by atoms with Gasteiger partial charge in [-0.15, -0.1) is 11.3 Å². The minimum absolute atomic E-state index is 0.421. The van der Waals surface area contributed by atoms with Gasteiger partial charge in [-0.2, -0.15) is 5.10 Å². The van der Waals surface area contributed by atoms with Crippen molar-refractivity contribution in [3.05, 3.63) is 46.5 Å². The van der Waals surface area contributed by atoms with E-state index in [0.29, 0.717) is 12.7 Å². The molecule has 0 unspecified atom stereocenters. The first-order valence-corrected chi connectivity index (χ1v) is 9.10. The van der Waals surface area contributed by atoms with Gasteiger partial charge in [0.15, 0.2) is 0 Å². The zero-order valence-electron chi connectivity index (χ0n) is 13.5. The summed E-state index contributed by atoms with van der Waals surface area (Å²) in [6.07, 6.45) is 8.60. The lowest BCUT2D eigenvalue weighted by atomic mass is 9.98. The molecular formula is C18H23N3OS. The van der Waals surface area contributed by atoms with E-state index in [1.54, 1.807) is 11.3 Å². The summed E-state index contributed by atoms with van der Waals surface area (Å²) in [5, 5.41) is 7.12. The van der Waals surface area contributed by atoms with Gasteiger partial charge in [-0.25, -0.2) is 4.98 Å². The Hall–Kier alpha value is -1.72. The van der Waals surface area contributed by atoms with Crippen molar-refractivity contribution in [2.24, 2.45) is 5.10 Å². The number of thiazole rings is 1. The number of nitrogens with zero attached hydrogens (tertiary/aromatic N) is 2. The van der Waals surface area contributed by atoms with Gasteiger partial charge >= 0.3 is 0 Å². The van der Waals surface area contributed by atoms with E-state index in [9.17, 15) is 0 Å². The molecule has 1 N–H and O–H groups in total. The van der Waals surface area contributed by atoms with E-state index in [4.69, 9.17) is 4.74 Å². The lowest BCUT2D eigenvalue weighted by Gasteiger charge is -2.22. The topological polar surface area (TPSA) is 46.5 Å². The number of hydrazone groups is 1. The summed E-state index contributed by atoms with van der Waals surface area (Å²) in [6, 6.07) is 8.25. The quantitative estimate of drug-likeness (QED) is 0.614. The van der Waals surface area contributed by atoms with E-state index in [1.165, 1.54) is 37.7 Å². The van der Waals surface area contributed by atoms with Crippen molar-refractivity contribution in [3.63, 3.8) is 0 Å². The Morgan fingerprint density at radius 3 is 2.91 bits per heavy atom. The number of nitrogens with one attached hydrogen (secondary N) is 1. The first kappa shape index (κ1) is 16.1. The smallest absolute Gasteiger partial charge is 0.203 e. The van der Waals surface area contributed by atoms with E-state index < -0.39 is 0 Å². The van der Waals surface area contributed by atoms with E-state index in [1.807, 2.05) is 24.6 Å². The fourth-order valence-electron chi connectivity index (χ4n) is 2.79. The second-order valence-corrected chi connectivity index (χ2v) is 6.79. The maximum atomic E-state index is 6.09. The molecule has 0 spiro atoms. The van der Waals surface area contributed by atoms with E-state index in [-0.39, 0.29) is 0 Å². The van der Waals surface area contributed by atoms with Crippen molar-refractivity contribution in [3.8, 4) is 0 Å². The van der Waals surface area contributed by atoms with Crippen LogP contribution in [0.1, 0.15) is 48.9 Å². The number of rotatable bonds is 6. The van der Waals surface area contributed by atoms with Crippen molar-refractivity contribution in [2.75, 3.05) is 5.43 Å². The first-order chi connectivity index (χ1) is 11.3. The molecule has 0 atom stereocenters. The third-order valence-electron chi connectivity index (χ3n) is 4.06. The molecule has 1 aliphatic carbocycles. The van der Waals surface area contributed by atoms with Crippen molar-refractivity contribution < 1.29 is 4.74 Å². The Labute approximate surface area is 141 Å². The molecule has 0 bridgehead atoms. The van der Waals surface area contributed by atoms with Gasteiger partial charge in [-0.05, 0) is 25.3 Å². The van der Waals surface area contributed by atoms with Crippen LogP contribution in [0.25, 0.3) is 0 Å². The lowest BCUT2D eigenvalue weighted by Crippen LogP contribution is -2.16. The molecule has 1 fully saturated rings. The predicted molar refractivity (Wildman–Crippen MR) is 96.2 cm³/mol. The number of aryl methyl sites for hydroxylation is 1. The van der Waals surface area contributed by atoms with Gasteiger partial charge in [0.25, 0.3) is 0 Å². The van der Waals surface area contributed by atoms with Crippen molar-refractivity contribution >= 4 is 22.7 Å². The summed E-state index contributed by atoms with van der Waals surface area (Å²) in [4.78, 5) is 4.33. The molecule has 1 saturated carbocycles. The molecule has 0 saturated heterocycles. The molecule has 4 nitrogen and oxygen atoms in total. The summed E-state index contributed by atoms with van der Waals surface area (Å²) < 4.78 is 6.09. The Balaban J connectivity index is 1.58. The molecule has 1 aromatic carbocycles. The Morgan fingerprint density at radius 1 is 1.30 bits per heavy atom. The molecule has 3 rings (SSSR count). The molecule has 1 aliphatic rings. The van der Waals surface area contributed by atoms with Gasteiger partial charge < -0.3 is 4.74 Å². The monoisotopic (exact) mass is 329 g/mol. The van der Waals surface area contributed by atoms with Crippen LogP contribution >= 0.6 is 11.3 Å². The average molecular weight is 329 g/mol. The Bertz CT molecular complexity index is 647. The van der Waals surface area contributed by atoms with Gasteiger partial charge in [-0.3, -0.25) is 5.43 Å². The van der Waals surface area contributed by atoms with Crippen LogP contribution in [0.5, 0.6) is 0 Å². The zero-order valence-corrected chi connectivity index (χ0v) is 14.3. The van der Waals surface area contributed by atoms with E-state index in [0.717, 1.165) is 16.4 Å². The highest BCUT2D eigenvalue weighted by Gasteiger charge is 2.14. The third-order valence-corrected chi connectivity index (χ3v) is 4.93. The van der Waals surface area contributed by atoms with Crippen LogP contribution in [0, 0.1) is 6.92 Å². The molecule has 23 heavy (non-hydrogen) atoms. The highest BCUT2D eigenvalue weighted by atomic mass is 32.1. The molecule has 1 heterocycles. The molecule has 5 heteroatoms. The molecular weight excluding hydrogens is 306 g/mol. The molecule has 122 valence electrons. The standard InChI is InChI=1S/C18H23N3OS/c1-14-13-23-18(20-14)21-19-11-15-7-5-6-8-16(15)12-22-17-9-3-2-4-10-17/h5-8,11,13,17H,2-4,9-10,12H2,1H3,(H,20,21). The second-order valence-electron chi connectivity index (χ2n) is 5.93. The van der Waals surface area contributed by atoms with E-state index >= 15 is 0 Å². The fraction of sp³-hybridized carbons (Fsp3) is 0.444. The number of benzene rings is 1. The van der Waals surface area contributed by atoms with Crippen molar-refractivity contribution in [2.45, 2.75) is 51.7 Å². The maximum Gasteiger partial charge on any atom is 0.203 e. The lowest BCUT2D eigenvalue weighted by molar-refractivity contribution is 0.0168. The minimum atomic E-state index is 0.421. The largest absolute Gasteiger partial charge is 0.374 e. The molecule has 0 aliphatic heterocycles. The normalized spacial score (nSPS) is 16.0. The predicted octanol–water partition coefficient (Wildman–Crippen LogP) is 4.75. The molecule has 0 radical (unpaired) electrons. The molecule has 0 amide bonds. The van der Waals surface area contributed by atoms with Gasteiger partial charge in [0.1, 0.15) is 0 Å². The minimum Gasteiger partial charge on any atom is -0.374 e. The van der Waals surface area contributed by atoms with Gasteiger partial charge in [-0.1, -0.05) is 43.5 Å². The summed E-state index contributed by atoms with van der Waals surface area (Å²) in [7, 11) is 0. The van der Waals surface area contributed by atoms with E-state index in [2.05, 4.69) is 33.7 Å². The summed E-state index contributed by atoms with van der Waals surface area (Å²) >= 11 is 1.56. The molecule has 1 aromatic heterocycles. The number of aromatic nitrogens is 1. The summed E-state index contributed by atoms with van der Waals surface area (Å²) in [5.74, 6) is 0. The van der Waals surface area contributed by atoms with Gasteiger partial charge in [0, 0.05) is 10.9 Å². The van der Waals surface area contributed by atoms with Gasteiger partial charge in [0.2, 0.25) is 5.13 Å². The SMILES string of the molecule is Cc1csc(NN=Cc2ccccc2COC2CCCCC2)n1. The second kappa shape index (κ2) is 8.22. The Morgan fingerprint density at radius 2 is 2.13 bits per heavy atom. The number of hydrogen-bond acceptors (Lipinski definition) is 5. The van der Waals surface area contributed by atoms with Crippen molar-refractivity contribution in [1.29, 1.82) is 0 Å². The third kappa shape index (κ3) is 4.88. The van der Waals surface area contributed by atoms with Crippen LogP contribution in [0.4, 0.5) is 5.13 Å². The number of hydrogen-bond donors (Lipinski definition) is 1. The highest BCUT2D eigenvalue weighted by molar-refractivity contribution is 7.13. The van der Waals surface area contributed by atoms with Crippen LogP contribution in [-0.2, 0) is 11.3 Å². The molecule has 2 aromatic rings. The highest BCUT2D eigenvalue weighted by Crippen LogP contribution is 2.22. The number of anilines is 1. The van der Waals surface area contributed by atoms with Crippen molar-refractivity contribution in [1.82, 2.24) is 4.98 Å². The number of ether oxygens (including phenoxy) is 1. The van der Waals surface area contributed by atoms with Crippen LogP contribution in [0.3, 0.4) is 0 Å². The van der Waals surface area contributed by atoms with Crippen LogP contribution in [0.2, 0.25) is 0 Å². The van der Waals surface area contributed by atoms with Crippen LogP contribution in [-0.4, -0.2) is 17.3 Å². The summed E-state index contributed by atoms with van der Waals surface area (Å²) in [5.41, 5.74) is 6.26. The summed E-state index contributed by atoms with van der Waals surface area (Å²) in [6.45, 7) is 2.63. The zero-order chi connectivity index (χ0) is 15.9. The Kier molecular flexibility index (Phi) is 5.77. The first-order valence-electron chi connectivity index (χ1n) is 8.22. The van der Waals surface area contributed by atoms with Crippen LogP contribution in [0.15, 0.2) is 34.7 Å². The fourth-order valence-corrected chi connectivity index (χ4v) is 3.43. The van der Waals surface area contributed by atoms with Gasteiger partial charge in [0.05, 0.1) is 24.6 Å². The average Bonchev–Trinajstić information content (AvgIpc) is 3.00. The van der Waals surface area contributed by atoms with Crippen LogP contribution < -0.4 is 5.43 Å². The maximum absolute atomic E-state index is 6.09.